The summed E-state index contributed by atoms with van der Waals surface area (Å²) in [5, 5.41) is 0. The van der Waals surface area contributed by atoms with Gasteiger partial charge in [-0.15, -0.1) is 0 Å². The molecule has 0 unspecified atom stereocenters. The molecule has 2 aromatic heterocycles. The van der Waals surface area contributed by atoms with Crippen molar-refractivity contribution in [2.24, 2.45) is 0 Å². The molecule has 0 fully saturated rings. The van der Waals surface area contributed by atoms with Gasteiger partial charge in [-0.3, -0.25) is 14.0 Å². The number of carbonyl (C=O) groups is 1. The van der Waals surface area contributed by atoms with E-state index in [0.29, 0.717) is 17.8 Å². The molecule has 0 aliphatic rings. The molecule has 0 atom stereocenters. The summed E-state index contributed by atoms with van der Waals surface area (Å²) in [5.74, 6) is -0.411. The van der Waals surface area contributed by atoms with Crippen molar-refractivity contribution in [2.45, 2.75) is 27.2 Å². The van der Waals surface area contributed by atoms with Gasteiger partial charge in [-0.05, 0) is 38.5 Å². The van der Waals surface area contributed by atoms with Crippen LogP contribution in [0.15, 0.2) is 23.1 Å². The van der Waals surface area contributed by atoms with Crippen LogP contribution in [0, 0.1) is 13.8 Å². The number of esters is 1. The maximum Gasteiger partial charge on any atom is 0.310 e. The summed E-state index contributed by atoms with van der Waals surface area (Å²) in [6.07, 6.45) is 1.41. The first-order valence-corrected chi connectivity index (χ1v) is 6.16. The molecule has 0 spiro atoms. The molecule has 2 rings (SSSR count). The minimum Gasteiger partial charge on any atom is -0.466 e. The number of carbonyl (C=O) groups excluding carboxylic acids is 1. The zero-order valence-electron chi connectivity index (χ0n) is 11.3. The number of rotatable bonds is 3. The van der Waals surface area contributed by atoms with E-state index in [1.165, 1.54) is 10.6 Å². The SMILES string of the molecule is CCOC(=O)Cc1cnc2cc(C)cc(C)n2c1=O. The zero-order valence-corrected chi connectivity index (χ0v) is 11.3. The van der Waals surface area contributed by atoms with Crippen LogP contribution in [0.3, 0.4) is 0 Å². The fourth-order valence-electron chi connectivity index (χ4n) is 2.08. The molecule has 19 heavy (non-hydrogen) atoms. The predicted molar refractivity (Wildman–Crippen MR) is 71.3 cm³/mol. The normalized spacial score (nSPS) is 10.7. The number of aromatic nitrogens is 2. The largest absolute Gasteiger partial charge is 0.466 e. The van der Waals surface area contributed by atoms with Crippen LogP contribution in [0.25, 0.3) is 5.65 Å². The lowest BCUT2D eigenvalue weighted by atomic mass is 10.2. The van der Waals surface area contributed by atoms with Crippen LogP contribution in [0.4, 0.5) is 0 Å². The van der Waals surface area contributed by atoms with E-state index in [4.69, 9.17) is 4.74 Å². The van der Waals surface area contributed by atoms with E-state index >= 15 is 0 Å². The van der Waals surface area contributed by atoms with Gasteiger partial charge in [0, 0.05) is 17.5 Å². The Balaban J connectivity index is 2.52. The number of ether oxygens (including phenoxy) is 1. The summed E-state index contributed by atoms with van der Waals surface area (Å²) in [6, 6.07) is 3.74. The molecule has 0 bridgehead atoms. The van der Waals surface area contributed by atoms with Crippen LogP contribution in [0.5, 0.6) is 0 Å². The van der Waals surface area contributed by atoms with Gasteiger partial charge in [-0.1, -0.05) is 0 Å². The van der Waals surface area contributed by atoms with Crippen LogP contribution in [-0.2, 0) is 16.0 Å². The van der Waals surface area contributed by atoms with Gasteiger partial charge >= 0.3 is 5.97 Å². The third-order valence-corrected chi connectivity index (χ3v) is 2.85. The van der Waals surface area contributed by atoms with Gasteiger partial charge in [-0.2, -0.15) is 0 Å². The van der Waals surface area contributed by atoms with Crippen molar-refractivity contribution in [3.05, 3.63) is 45.5 Å². The molecule has 5 heteroatoms. The molecule has 0 N–H and O–H groups in total. The second kappa shape index (κ2) is 5.22. The maximum absolute atomic E-state index is 12.3. The van der Waals surface area contributed by atoms with E-state index in [0.717, 1.165) is 11.3 Å². The average molecular weight is 260 g/mol. The summed E-state index contributed by atoms with van der Waals surface area (Å²) in [6.45, 7) is 5.83. The van der Waals surface area contributed by atoms with E-state index in [-0.39, 0.29) is 12.0 Å². The Morgan fingerprint density at radius 2 is 2.11 bits per heavy atom. The van der Waals surface area contributed by atoms with Gasteiger partial charge in [0.1, 0.15) is 5.65 Å². The number of aryl methyl sites for hydroxylation is 2. The lowest BCUT2D eigenvalue weighted by Crippen LogP contribution is -2.24. The highest BCUT2D eigenvalue weighted by molar-refractivity contribution is 5.72. The highest BCUT2D eigenvalue weighted by atomic mass is 16.5. The van der Waals surface area contributed by atoms with Crippen molar-refractivity contribution in [3.8, 4) is 0 Å². The first-order chi connectivity index (χ1) is 9.02. The molecule has 0 aliphatic carbocycles. The lowest BCUT2D eigenvalue weighted by Gasteiger charge is -2.08. The van der Waals surface area contributed by atoms with Crippen LogP contribution >= 0.6 is 0 Å². The second-order valence-electron chi connectivity index (χ2n) is 4.44. The van der Waals surface area contributed by atoms with E-state index in [1.807, 2.05) is 26.0 Å². The molecule has 100 valence electrons. The van der Waals surface area contributed by atoms with Crippen molar-refractivity contribution >= 4 is 11.6 Å². The topological polar surface area (TPSA) is 60.7 Å². The fourth-order valence-corrected chi connectivity index (χ4v) is 2.08. The van der Waals surface area contributed by atoms with Crippen molar-refractivity contribution in [1.82, 2.24) is 9.38 Å². The molecule has 2 aromatic rings. The fraction of sp³-hybridized carbons (Fsp3) is 0.357. The highest BCUT2D eigenvalue weighted by Gasteiger charge is 2.11. The first kappa shape index (κ1) is 13.3. The highest BCUT2D eigenvalue weighted by Crippen LogP contribution is 2.07. The third kappa shape index (κ3) is 2.65. The lowest BCUT2D eigenvalue weighted by molar-refractivity contribution is -0.142. The van der Waals surface area contributed by atoms with Gasteiger partial charge in [-0.25, -0.2) is 4.98 Å². The van der Waals surface area contributed by atoms with E-state index < -0.39 is 5.97 Å². The summed E-state index contributed by atoms with van der Waals surface area (Å²) < 4.78 is 6.36. The summed E-state index contributed by atoms with van der Waals surface area (Å²) in [5.41, 5.74) is 2.58. The Bertz CT molecular complexity index is 689. The molecule has 2 heterocycles. The molecule has 0 aliphatic heterocycles. The minimum atomic E-state index is -0.411. The standard InChI is InChI=1S/C14H16N2O3/c1-4-19-13(17)7-11-8-15-12-6-9(2)5-10(3)16(12)14(11)18/h5-6,8H,4,7H2,1-3H3. The summed E-state index contributed by atoms with van der Waals surface area (Å²) in [4.78, 5) is 28.0. The Morgan fingerprint density at radius 1 is 1.37 bits per heavy atom. The van der Waals surface area contributed by atoms with Crippen LogP contribution in [-0.4, -0.2) is 22.0 Å². The number of fused-ring (bicyclic) bond motifs is 1. The van der Waals surface area contributed by atoms with E-state index in [9.17, 15) is 9.59 Å². The molecule has 5 nitrogen and oxygen atoms in total. The Labute approximate surface area is 110 Å². The van der Waals surface area contributed by atoms with E-state index in [1.54, 1.807) is 6.92 Å². The van der Waals surface area contributed by atoms with Crippen LogP contribution < -0.4 is 5.56 Å². The molecule has 0 aromatic carbocycles. The molecular formula is C14H16N2O3. The van der Waals surface area contributed by atoms with Gasteiger partial charge in [0.15, 0.2) is 0 Å². The quantitative estimate of drug-likeness (QED) is 0.783. The molecular weight excluding hydrogens is 244 g/mol. The number of hydrogen-bond acceptors (Lipinski definition) is 4. The molecule has 0 saturated heterocycles. The van der Waals surface area contributed by atoms with Crippen molar-refractivity contribution in [2.75, 3.05) is 6.61 Å². The molecule has 0 saturated carbocycles. The van der Waals surface area contributed by atoms with E-state index in [2.05, 4.69) is 4.98 Å². The van der Waals surface area contributed by atoms with Crippen molar-refractivity contribution < 1.29 is 9.53 Å². The monoisotopic (exact) mass is 260 g/mol. The predicted octanol–water partition coefficient (Wildman–Crippen LogP) is 1.42. The smallest absolute Gasteiger partial charge is 0.310 e. The van der Waals surface area contributed by atoms with Gasteiger partial charge in [0.05, 0.1) is 13.0 Å². The van der Waals surface area contributed by atoms with Crippen LogP contribution in [0.2, 0.25) is 0 Å². The third-order valence-electron chi connectivity index (χ3n) is 2.85. The Morgan fingerprint density at radius 3 is 2.79 bits per heavy atom. The maximum atomic E-state index is 12.3. The number of hydrogen-bond donors (Lipinski definition) is 0. The minimum absolute atomic E-state index is 0.0457. The van der Waals surface area contributed by atoms with Crippen molar-refractivity contribution in [1.29, 1.82) is 0 Å². The molecule has 0 radical (unpaired) electrons. The van der Waals surface area contributed by atoms with Crippen LogP contribution in [0.1, 0.15) is 23.7 Å². The summed E-state index contributed by atoms with van der Waals surface area (Å²) >= 11 is 0. The van der Waals surface area contributed by atoms with Gasteiger partial charge < -0.3 is 4.74 Å². The molecule has 0 amide bonds. The average Bonchev–Trinajstić information content (AvgIpc) is 2.32. The van der Waals surface area contributed by atoms with Gasteiger partial charge in [0.25, 0.3) is 5.56 Å². The van der Waals surface area contributed by atoms with Crippen molar-refractivity contribution in [3.63, 3.8) is 0 Å². The first-order valence-electron chi connectivity index (χ1n) is 6.16. The summed E-state index contributed by atoms with van der Waals surface area (Å²) in [7, 11) is 0. The number of pyridine rings is 1. The Hall–Kier alpha value is -2.17. The zero-order chi connectivity index (χ0) is 14.0. The second-order valence-corrected chi connectivity index (χ2v) is 4.44. The number of nitrogens with zero attached hydrogens (tertiary/aromatic N) is 2. The Kier molecular flexibility index (Phi) is 3.64. The van der Waals surface area contributed by atoms with Gasteiger partial charge in [0.2, 0.25) is 0 Å².